The number of carbonyl (C=O) groups excluding carboxylic acids is 2. The summed E-state index contributed by atoms with van der Waals surface area (Å²) in [5.41, 5.74) is 0.676. The third kappa shape index (κ3) is 3.43. The Morgan fingerprint density at radius 1 is 1.33 bits per heavy atom. The van der Waals surface area contributed by atoms with Crippen LogP contribution in [0, 0.1) is 6.92 Å². The molecule has 0 aliphatic heterocycles. The van der Waals surface area contributed by atoms with Gasteiger partial charge in [0.1, 0.15) is 12.1 Å². The van der Waals surface area contributed by atoms with Crippen LogP contribution >= 0.6 is 0 Å². The Kier molecular flexibility index (Phi) is 4.27. The minimum Gasteiger partial charge on any atom is -0.452 e. The molecule has 1 aromatic carbocycles. The van der Waals surface area contributed by atoms with E-state index < -0.39 is 18.5 Å². The number of benzene rings is 1. The summed E-state index contributed by atoms with van der Waals surface area (Å²) in [5, 5.41) is 16.8. The SMILES string of the molecule is Cc1cc(NC(=O)COC(=O)c2ccccc2-n2cnnn2)no1. The van der Waals surface area contributed by atoms with Gasteiger partial charge in [-0.3, -0.25) is 4.79 Å². The Hall–Kier alpha value is -3.56. The first kappa shape index (κ1) is 15.3. The number of esters is 1. The second-order valence-electron chi connectivity index (χ2n) is 4.72. The highest BCUT2D eigenvalue weighted by molar-refractivity contribution is 5.96. The van der Waals surface area contributed by atoms with Gasteiger partial charge in [0, 0.05) is 6.07 Å². The number of nitrogens with zero attached hydrogens (tertiary/aromatic N) is 5. The molecular weight excluding hydrogens is 316 g/mol. The van der Waals surface area contributed by atoms with E-state index in [1.807, 2.05) is 0 Å². The Morgan fingerprint density at radius 2 is 2.17 bits per heavy atom. The average molecular weight is 328 g/mol. The lowest BCUT2D eigenvalue weighted by Crippen LogP contribution is -2.21. The van der Waals surface area contributed by atoms with Crippen molar-refractivity contribution in [1.29, 1.82) is 0 Å². The summed E-state index contributed by atoms with van der Waals surface area (Å²) in [4.78, 5) is 24.0. The standard InChI is InChI=1S/C14H12N6O4/c1-9-6-12(17-24-9)16-13(21)7-23-14(22)10-4-2-3-5-11(10)20-8-15-18-19-20/h2-6,8H,7H2,1H3,(H,16,17,21). The van der Waals surface area contributed by atoms with Crippen LogP contribution in [0.25, 0.3) is 5.69 Å². The molecule has 2 heterocycles. The summed E-state index contributed by atoms with van der Waals surface area (Å²) >= 11 is 0. The van der Waals surface area contributed by atoms with Crippen LogP contribution in [0.4, 0.5) is 5.82 Å². The fourth-order valence-corrected chi connectivity index (χ4v) is 1.93. The van der Waals surface area contributed by atoms with Crippen LogP contribution in [-0.4, -0.2) is 43.8 Å². The number of tetrazole rings is 1. The van der Waals surface area contributed by atoms with Gasteiger partial charge in [-0.1, -0.05) is 17.3 Å². The van der Waals surface area contributed by atoms with Crippen molar-refractivity contribution in [2.75, 3.05) is 11.9 Å². The Labute approximate surface area is 135 Å². The Balaban J connectivity index is 1.64. The Bertz CT molecular complexity index is 858. The molecule has 0 aliphatic rings. The van der Waals surface area contributed by atoms with Gasteiger partial charge in [-0.25, -0.2) is 4.79 Å². The second kappa shape index (κ2) is 6.69. The fourth-order valence-electron chi connectivity index (χ4n) is 1.93. The van der Waals surface area contributed by atoms with Crippen molar-refractivity contribution in [2.45, 2.75) is 6.92 Å². The molecule has 0 saturated carbocycles. The van der Waals surface area contributed by atoms with Crippen molar-refractivity contribution in [1.82, 2.24) is 25.4 Å². The van der Waals surface area contributed by atoms with E-state index in [0.717, 1.165) is 0 Å². The molecule has 0 unspecified atom stereocenters. The third-order valence-corrected chi connectivity index (χ3v) is 2.95. The number of aryl methyl sites for hydroxylation is 1. The zero-order valence-corrected chi connectivity index (χ0v) is 12.5. The molecule has 1 amide bonds. The third-order valence-electron chi connectivity index (χ3n) is 2.95. The molecule has 0 bridgehead atoms. The maximum Gasteiger partial charge on any atom is 0.340 e. The highest BCUT2D eigenvalue weighted by atomic mass is 16.5. The maximum absolute atomic E-state index is 12.2. The van der Waals surface area contributed by atoms with E-state index in [1.165, 1.54) is 11.0 Å². The molecular formula is C14H12N6O4. The van der Waals surface area contributed by atoms with Crippen LogP contribution in [0.5, 0.6) is 0 Å². The molecule has 10 heteroatoms. The number of aromatic nitrogens is 5. The second-order valence-corrected chi connectivity index (χ2v) is 4.72. The van der Waals surface area contributed by atoms with Crippen molar-refractivity contribution < 1.29 is 18.8 Å². The first-order valence-electron chi connectivity index (χ1n) is 6.86. The smallest absolute Gasteiger partial charge is 0.340 e. The van der Waals surface area contributed by atoms with Crippen molar-refractivity contribution in [3.05, 3.63) is 48.0 Å². The average Bonchev–Trinajstić information content (AvgIpc) is 3.24. The molecule has 3 aromatic rings. The van der Waals surface area contributed by atoms with Gasteiger partial charge in [0.05, 0.1) is 11.3 Å². The van der Waals surface area contributed by atoms with Gasteiger partial charge in [-0.05, 0) is 29.5 Å². The number of amides is 1. The number of hydrogen-bond donors (Lipinski definition) is 1. The van der Waals surface area contributed by atoms with Crippen molar-refractivity contribution in [2.24, 2.45) is 0 Å². The van der Waals surface area contributed by atoms with E-state index in [1.54, 1.807) is 37.3 Å². The van der Waals surface area contributed by atoms with Gasteiger partial charge in [-0.15, -0.1) is 5.10 Å². The van der Waals surface area contributed by atoms with Crippen molar-refractivity contribution in [3.63, 3.8) is 0 Å². The minimum absolute atomic E-state index is 0.231. The molecule has 10 nitrogen and oxygen atoms in total. The van der Waals surface area contributed by atoms with E-state index in [4.69, 9.17) is 9.26 Å². The number of anilines is 1. The quantitative estimate of drug-likeness (QED) is 0.680. The Morgan fingerprint density at radius 3 is 2.88 bits per heavy atom. The number of carbonyl (C=O) groups is 2. The van der Waals surface area contributed by atoms with Crippen LogP contribution in [0.15, 0.2) is 41.2 Å². The summed E-state index contributed by atoms with van der Waals surface area (Å²) in [6.45, 7) is 1.23. The van der Waals surface area contributed by atoms with Crippen LogP contribution in [0.3, 0.4) is 0 Å². The molecule has 1 N–H and O–H groups in total. The number of ether oxygens (including phenoxy) is 1. The van der Waals surface area contributed by atoms with E-state index in [9.17, 15) is 9.59 Å². The summed E-state index contributed by atoms with van der Waals surface area (Å²) in [6, 6.07) is 8.16. The van der Waals surface area contributed by atoms with Crippen molar-refractivity contribution in [3.8, 4) is 5.69 Å². The van der Waals surface area contributed by atoms with Crippen LogP contribution in [-0.2, 0) is 9.53 Å². The predicted octanol–water partition coefficient (Wildman–Crippen LogP) is 0.754. The van der Waals surface area contributed by atoms with Gasteiger partial charge in [0.25, 0.3) is 5.91 Å². The van der Waals surface area contributed by atoms with Gasteiger partial charge < -0.3 is 14.6 Å². The van der Waals surface area contributed by atoms with E-state index in [2.05, 4.69) is 26.0 Å². The number of para-hydroxylation sites is 1. The zero-order chi connectivity index (χ0) is 16.9. The summed E-state index contributed by atoms with van der Waals surface area (Å²) in [5.74, 6) is -0.399. The lowest BCUT2D eigenvalue weighted by Gasteiger charge is -2.08. The fraction of sp³-hybridized carbons (Fsp3) is 0.143. The zero-order valence-electron chi connectivity index (χ0n) is 12.5. The molecule has 0 radical (unpaired) electrons. The molecule has 24 heavy (non-hydrogen) atoms. The minimum atomic E-state index is -0.674. The first-order valence-corrected chi connectivity index (χ1v) is 6.86. The molecule has 0 atom stereocenters. The van der Waals surface area contributed by atoms with Crippen LogP contribution < -0.4 is 5.32 Å². The largest absolute Gasteiger partial charge is 0.452 e. The van der Waals surface area contributed by atoms with Gasteiger partial charge in [-0.2, -0.15) is 4.68 Å². The number of rotatable bonds is 5. The molecule has 122 valence electrons. The summed E-state index contributed by atoms with van der Waals surface area (Å²) in [6.07, 6.45) is 1.35. The molecule has 0 saturated heterocycles. The van der Waals surface area contributed by atoms with Crippen molar-refractivity contribution >= 4 is 17.7 Å². The van der Waals surface area contributed by atoms with Crippen LogP contribution in [0.1, 0.15) is 16.1 Å². The first-order chi connectivity index (χ1) is 11.6. The summed E-state index contributed by atoms with van der Waals surface area (Å²) in [7, 11) is 0. The van der Waals surface area contributed by atoms with E-state index >= 15 is 0 Å². The predicted molar refractivity (Wildman–Crippen MR) is 79.3 cm³/mol. The molecule has 3 rings (SSSR count). The van der Waals surface area contributed by atoms with Gasteiger partial charge in [0.15, 0.2) is 12.4 Å². The van der Waals surface area contributed by atoms with E-state index in [0.29, 0.717) is 11.4 Å². The molecule has 0 spiro atoms. The van der Waals surface area contributed by atoms with Gasteiger partial charge in [0.2, 0.25) is 0 Å². The topological polar surface area (TPSA) is 125 Å². The lowest BCUT2D eigenvalue weighted by atomic mass is 10.2. The van der Waals surface area contributed by atoms with Gasteiger partial charge >= 0.3 is 5.97 Å². The molecule has 2 aromatic heterocycles. The number of nitrogens with one attached hydrogen (secondary N) is 1. The van der Waals surface area contributed by atoms with E-state index in [-0.39, 0.29) is 11.4 Å². The summed E-state index contributed by atoms with van der Waals surface area (Å²) < 4.78 is 11.2. The van der Waals surface area contributed by atoms with Crippen LogP contribution in [0.2, 0.25) is 0 Å². The molecule has 0 aliphatic carbocycles. The highest BCUT2D eigenvalue weighted by Gasteiger charge is 2.16. The number of hydrogen-bond acceptors (Lipinski definition) is 8. The monoisotopic (exact) mass is 328 g/mol. The maximum atomic E-state index is 12.2. The lowest BCUT2D eigenvalue weighted by molar-refractivity contribution is -0.119. The normalized spacial score (nSPS) is 10.4. The molecule has 0 fully saturated rings. The highest BCUT2D eigenvalue weighted by Crippen LogP contribution is 2.14.